The molecule has 4 nitrogen and oxygen atoms in total. The van der Waals surface area contributed by atoms with E-state index in [9.17, 15) is 8.42 Å². The Hall–Kier alpha value is -1.07. The fourth-order valence-electron chi connectivity index (χ4n) is 2.21. The molecule has 0 saturated carbocycles. The summed E-state index contributed by atoms with van der Waals surface area (Å²) in [6.07, 6.45) is 0. The van der Waals surface area contributed by atoms with Gasteiger partial charge in [-0.3, -0.25) is 4.31 Å². The van der Waals surface area contributed by atoms with Crippen LogP contribution in [0.4, 0.5) is 5.69 Å². The predicted molar refractivity (Wildman–Crippen MR) is 69.7 cm³/mol. The van der Waals surface area contributed by atoms with Crippen molar-refractivity contribution in [1.82, 2.24) is 5.32 Å². The molecule has 0 unspecified atom stereocenters. The van der Waals surface area contributed by atoms with Crippen LogP contribution in [0.2, 0.25) is 0 Å². The molecule has 1 heterocycles. The van der Waals surface area contributed by atoms with Gasteiger partial charge in [-0.05, 0) is 26.0 Å². The number of para-hydroxylation sites is 1. The molecule has 0 amide bonds. The zero-order valence-corrected chi connectivity index (χ0v) is 11.0. The minimum absolute atomic E-state index is 0.144. The van der Waals surface area contributed by atoms with E-state index in [-0.39, 0.29) is 5.75 Å². The number of hydrogen-bond acceptors (Lipinski definition) is 3. The number of sulfonamides is 1. The fourth-order valence-corrected chi connectivity index (χ4v) is 4.05. The molecule has 0 aromatic heterocycles. The largest absolute Gasteiger partial charge is 0.313 e. The molecule has 2 rings (SSSR count). The summed E-state index contributed by atoms with van der Waals surface area (Å²) in [5.41, 5.74) is 0.289. The van der Waals surface area contributed by atoms with Crippen LogP contribution in [-0.2, 0) is 10.0 Å². The molecule has 5 heteroatoms. The highest BCUT2D eigenvalue weighted by Gasteiger charge is 2.37. The summed E-state index contributed by atoms with van der Waals surface area (Å²) in [7, 11) is -3.25. The highest BCUT2D eigenvalue weighted by Crippen LogP contribution is 2.28. The van der Waals surface area contributed by atoms with Gasteiger partial charge in [-0.1, -0.05) is 18.2 Å². The van der Waals surface area contributed by atoms with E-state index in [0.717, 1.165) is 5.69 Å². The van der Waals surface area contributed by atoms with E-state index in [1.807, 2.05) is 44.2 Å². The maximum Gasteiger partial charge on any atom is 0.236 e. The lowest BCUT2D eigenvalue weighted by atomic mass is 10.1. The van der Waals surface area contributed by atoms with Crippen LogP contribution in [0, 0.1) is 0 Å². The quantitative estimate of drug-likeness (QED) is 0.819. The number of nitrogens with zero attached hydrogens (tertiary/aromatic N) is 1. The maximum atomic E-state index is 12.3. The molecule has 1 aromatic rings. The van der Waals surface area contributed by atoms with E-state index in [4.69, 9.17) is 0 Å². The number of rotatable bonds is 1. The van der Waals surface area contributed by atoms with Crippen molar-refractivity contribution >= 4 is 15.7 Å². The Kier molecular flexibility index (Phi) is 3.14. The minimum atomic E-state index is -3.25. The van der Waals surface area contributed by atoms with Crippen LogP contribution in [0.1, 0.15) is 13.8 Å². The van der Waals surface area contributed by atoms with E-state index >= 15 is 0 Å². The van der Waals surface area contributed by atoms with Crippen molar-refractivity contribution in [2.24, 2.45) is 0 Å². The summed E-state index contributed by atoms with van der Waals surface area (Å²) >= 11 is 0. The lowest BCUT2D eigenvalue weighted by Gasteiger charge is -2.37. The first-order valence-electron chi connectivity index (χ1n) is 5.72. The van der Waals surface area contributed by atoms with E-state index < -0.39 is 15.6 Å². The van der Waals surface area contributed by atoms with E-state index in [2.05, 4.69) is 5.32 Å². The van der Waals surface area contributed by atoms with Gasteiger partial charge in [0, 0.05) is 13.1 Å². The zero-order chi connectivity index (χ0) is 12.5. The highest BCUT2D eigenvalue weighted by atomic mass is 32.2. The van der Waals surface area contributed by atoms with Gasteiger partial charge < -0.3 is 5.32 Å². The fraction of sp³-hybridized carbons (Fsp3) is 0.500. The lowest BCUT2D eigenvalue weighted by Crippen LogP contribution is -2.51. The van der Waals surface area contributed by atoms with E-state index in [0.29, 0.717) is 13.1 Å². The zero-order valence-electron chi connectivity index (χ0n) is 10.2. The number of nitrogens with one attached hydrogen (secondary N) is 1. The first-order valence-corrected chi connectivity index (χ1v) is 7.33. The Morgan fingerprint density at radius 2 is 1.88 bits per heavy atom. The van der Waals surface area contributed by atoms with Crippen molar-refractivity contribution in [2.45, 2.75) is 19.4 Å². The highest BCUT2D eigenvalue weighted by molar-refractivity contribution is 7.92. The van der Waals surface area contributed by atoms with Crippen LogP contribution in [0.25, 0.3) is 0 Å². The van der Waals surface area contributed by atoms with Gasteiger partial charge in [0.2, 0.25) is 10.0 Å². The first-order chi connectivity index (χ1) is 7.93. The van der Waals surface area contributed by atoms with Crippen LogP contribution >= 0.6 is 0 Å². The Morgan fingerprint density at radius 3 is 2.53 bits per heavy atom. The number of anilines is 1. The van der Waals surface area contributed by atoms with Gasteiger partial charge in [-0.2, -0.15) is 0 Å². The topological polar surface area (TPSA) is 49.4 Å². The second-order valence-corrected chi connectivity index (χ2v) is 6.84. The number of benzene rings is 1. The molecular weight excluding hydrogens is 236 g/mol. The molecule has 17 heavy (non-hydrogen) atoms. The maximum absolute atomic E-state index is 12.3. The molecule has 0 radical (unpaired) electrons. The van der Waals surface area contributed by atoms with Crippen LogP contribution < -0.4 is 9.62 Å². The third-order valence-corrected chi connectivity index (χ3v) is 4.89. The summed E-state index contributed by atoms with van der Waals surface area (Å²) in [5, 5.41) is 3.17. The molecule has 1 saturated heterocycles. The Labute approximate surface area is 103 Å². The van der Waals surface area contributed by atoms with Gasteiger partial charge in [0.1, 0.15) is 0 Å². The predicted octanol–water partition coefficient (Wildman–Crippen LogP) is 1.20. The van der Waals surface area contributed by atoms with Crippen molar-refractivity contribution < 1.29 is 8.42 Å². The molecule has 0 spiro atoms. The van der Waals surface area contributed by atoms with Gasteiger partial charge in [-0.15, -0.1) is 0 Å². The average molecular weight is 254 g/mol. The summed E-state index contributed by atoms with van der Waals surface area (Å²) in [6.45, 7) is 5.04. The van der Waals surface area contributed by atoms with Crippen molar-refractivity contribution in [3.8, 4) is 0 Å². The van der Waals surface area contributed by atoms with Gasteiger partial charge in [0.15, 0.2) is 0 Å². The average Bonchev–Trinajstić information content (AvgIpc) is 2.35. The minimum Gasteiger partial charge on any atom is -0.313 e. The Bertz CT molecular complexity index is 482. The summed E-state index contributed by atoms with van der Waals surface area (Å²) < 4.78 is 26.1. The molecule has 1 aliphatic heterocycles. The third-order valence-electron chi connectivity index (χ3n) is 2.91. The van der Waals surface area contributed by atoms with Crippen molar-refractivity contribution in [3.05, 3.63) is 30.3 Å². The smallest absolute Gasteiger partial charge is 0.236 e. The van der Waals surface area contributed by atoms with Crippen molar-refractivity contribution in [1.29, 1.82) is 0 Å². The Morgan fingerprint density at radius 1 is 1.24 bits per heavy atom. The normalized spacial score (nSPS) is 23.1. The summed E-state index contributed by atoms with van der Waals surface area (Å²) in [6, 6.07) is 9.28. The standard InChI is InChI=1S/C12H18N2O2S/c1-12(2)10-13-8-9-17(15,16)14(12)11-6-4-3-5-7-11/h3-7,13H,8-10H2,1-2H3. The van der Waals surface area contributed by atoms with Crippen LogP contribution in [0.15, 0.2) is 30.3 Å². The molecule has 1 aliphatic rings. The van der Waals surface area contributed by atoms with Crippen molar-refractivity contribution in [3.63, 3.8) is 0 Å². The third kappa shape index (κ3) is 2.45. The SMILES string of the molecule is CC1(C)CNCCS(=O)(=O)N1c1ccccc1. The van der Waals surface area contributed by atoms with Gasteiger partial charge in [0.25, 0.3) is 0 Å². The Balaban J connectivity index is 2.52. The molecule has 94 valence electrons. The van der Waals surface area contributed by atoms with E-state index in [1.54, 1.807) is 4.31 Å². The molecule has 1 fully saturated rings. The van der Waals surface area contributed by atoms with Crippen molar-refractivity contribution in [2.75, 3.05) is 23.1 Å². The monoisotopic (exact) mass is 254 g/mol. The first kappa shape index (κ1) is 12.4. The summed E-state index contributed by atoms with van der Waals surface area (Å²) in [5.74, 6) is 0.144. The molecule has 0 aliphatic carbocycles. The second kappa shape index (κ2) is 4.31. The number of hydrogen-bond donors (Lipinski definition) is 1. The van der Waals surface area contributed by atoms with E-state index in [1.165, 1.54) is 0 Å². The van der Waals surface area contributed by atoms with Gasteiger partial charge >= 0.3 is 0 Å². The van der Waals surface area contributed by atoms with Crippen LogP contribution in [-0.4, -0.2) is 32.8 Å². The lowest BCUT2D eigenvalue weighted by molar-refractivity contribution is 0.482. The van der Waals surface area contributed by atoms with Gasteiger partial charge in [-0.25, -0.2) is 8.42 Å². The summed E-state index contributed by atoms with van der Waals surface area (Å²) in [4.78, 5) is 0. The molecule has 1 N–H and O–H groups in total. The molecule has 0 bridgehead atoms. The molecular formula is C12H18N2O2S. The van der Waals surface area contributed by atoms with Crippen LogP contribution in [0.5, 0.6) is 0 Å². The second-order valence-electron chi connectivity index (χ2n) is 4.91. The molecule has 0 atom stereocenters. The molecule has 1 aromatic carbocycles. The van der Waals surface area contributed by atoms with Gasteiger partial charge in [0.05, 0.1) is 17.0 Å². The van der Waals surface area contributed by atoms with Crippen LogP contribution in [0.3, 0.4) is 0 Å².